The summed E-state index contributed by atoms with van der Waals surface area (Å²) < 4.78 is 4.87. The van der Waals surface area contributed by atoms with E-state index in [1.165, 1.54) is 12.3 Å². The number of pyridine rings is 1. The van der Waals surface area contributed by atoms with Gasteiger partial charge >= 0.3 is 11.9 Å². The van der Waals surface area contributed by atoms with Crippen molar-refractivity contribution in [3.63, 3.8) is 0 Å². The van der Waals surface area contributed by atoms with E-state index < -0.39 is 17.9 Å². The highest BCUT2D eigenvalue weighted by Gasteiger charge is 2.30. The molecule has 0 aliphatic carbocycles. The van der Waals surface area contributed by atoms with E-state index in [1.54, 1.807) is 6.92 Å². The van der Waals surface area contributed by atoms with Crippen LogP contribution in [-0.2, 0) is 9.53 Å². The van der Waals surface area contributed by atoms with Gasteiger partial charge in [0.2, 0.25) is 0 Å². The number of carbonyl (C=O) groups is 2. The Hall–Kier alpha value is -1.82. The summed E-state index contributed by atoms with van der Waals surface area (Å²) in [4.78, 5) is 28.5. The van der Waals surface area contributed by atoms with E-state index in [-0.39, 0.29) is 12.2 Å². The third kappa shape index (κ3) is 3.01. The number of carboxylic acid groups (broad SMARTS) is 1. The van der Waals surface area contributed by atoms with Crippen LogP contribution < -0.4 is 4.90 Å². The second kappa shape index (κ2) is 6.09. The highest BCUT2D eigenvalue weighted by molar-refractivity contribution is 6.33. The summed E-state index contributed by atoms with van der Waals surface area (Å²) in [5.74, 6) is -1.19. The van der Waals surface area contributed by atoms with Gasteiger partial charge < -0.3 is 14.7 Å². The quantitative estimate of drug-likeness (QED) is 0.854. The molecule has 0 saturated carbocycles. The molecule has 2 rings (SSSR count). The van der Waals surface area contributed by atoms with Crippen molar-refractivity contribution in [2.45, 2.75) is 13.3 Å². The first kappa shape index (κ1) is 14.6. The Balaban J connectivity index is 2.14. The first-order valence-corrected chi connectivity index (χ1v) is 6.71. The molecule has 0 aromatic carbocycles. The monoisotopic (exact) mass is 298 g/mol. The molecule has 0 amide bonds. The molecule has 7 heteroatoms. The number of carbonyl (C=O) groups excluding carboxylic acids is 1. The van der Waals surface area contributed by atoms with Crippen LogP contribution in [0.3, 0.4) is 0 Å². The summed E-state index contributed by atoms with van der Waals surface area (Å²) >= 11 is 6.12. The highest BCUT2D eigenvalue weighted by Crippen LogP contribution is 2.29. The molecule has 6 nitrogen and oxygen atoms in total. The van der Waals surface area contributed by atoms with Crippen LogP contribution in [0.2, 0.25) is 5.02 Å². The van der Waals surface area contributed by atoms with Gasteiger partial charge in [0, 0.05) is 19.3 Å². The number of aromatic nitrogens is 1. The van der Waals surface area contributed by atoms with Crippen molar-refractivity contribution in [3.8, 4) is 0 Å². The second-order valence-corrected chi connectivity index (χ2v) is 4.93. The van der Waals surface area contributed by atoms with Gasteiger partial charge in [-0.3, -0.25) is 4.79 Å². The molecule has 1 fully saturated rings. The SMILES string of the molecule is CCOC(=O)c1cnc(N2CCC(C(=O)O)C2)c(Cl)c1. The lowest BCUT2D eigenvalue weighted by Crippen LogP contribution is -2.24. The van der Waals surface area contributed by atoms with Crippen molar-refractivity contribution in [3.05, 3.63) is 22.8 Å². The summed E-state index contributed by atoms with van der Waals surface area (Å²) in [6.07, 6.45) is 1.96. The predicted octanol–water partition coefficient (Wildman–Crippen LogP) is 1.82. The molecule has 1 N–H and O–H groups in total. The molecule has 0 bridgehead atoms. The first-order chi connectivity index (χ1) is 9.52. The van der Waals surface area contributed by atoms with E-state index in [0.29, 0.717) is 30.4 Å². The lowest BCUT2D eigenvalue weighted by Gasteiger charge is -2.18. The van der Waals surface area contributed by atoms with Gasteiger partial charge in [0.05, 0.1) is 23.1 Å². The van der Waals surface area contributed by atoms with Gasteiger partial charge in [0.25, 0.3) is 0 Å². The van der Waals surface area contributed by atoms with E-state index in [2.05, 4.69) is 4.98 Å². The minimum atomic E-state index is -0.813. The van der Waals surface area contributed by atoms with Crippen molar-refractivity contribution < 1.29 is 19.4 Å². The van der Waals surface area contributed by atoms with Crippen LogP contribution >= 0.6 is 11.6 Å². The van der Waals surface area contributed by atoms with Gasteiger partial charge in [-0.15, -0.1) is 0 Å². The number of anilines is 1. The van der Waals surface area contributed by atoms with E-state index >= 15 is 0 Å². The Morgan fingerprint density at radius 1 is 1.60 bits per heavy atom. The van der Waals surface area contributed by atoms with Crippen molar-refractivity contribution in [1.29, 1.82) is 0 Å². The molecule has 0 radical (unpaired) electrons. The fourth-order valence-electron chi connectivity index (χ4n) is 2.14. The van der Waals surface area contributed by atoms with Crippen LogP contribution in [0, 0.1) is 5.92 Å². The Kier molecular flexibility index (Phi) is 4.44. The number of hydrogen-bond acceptors (Lipinski definition) is 5. The van der Waals surface area contributed by atoms with Crippen LogP contribution in [0.15, 0.2) is 12.3 Å². The van der Waals surface area contributed by atoms with Crippen molar-refractivity contribution >= 4 is 29.4 Å². The maximum atomic E-state index is 11.6. The molecule has 0 spiro atoms. The zero-order valence-corrected chi connectivity index (χ0v) is 11.8. The fourth-order valence-corrected chi connectivity index (χ4v) is 2.43. The molecule has 1 aliphatic rings. The molecule has 108 valence electrons. The maximum Gasteiger partial charge on any atom is 0.339 e. The van der Waals surface area contributed by atoms with Crippen LogP contribution in [0.25, 0.3) is 0 Å². The molecule has 1 unspecified atom stereocenters. The maximum absolute atomic E-state index is 11.6. The summed E-state index contributed by atoms with van der Waals surface area (Å²) in [5, 5.41) is 9.30. The lowest BCUT2D eigenvalue weighted by molar-refractivity contribution is -0.140. The Morgan fingerprint density at radius 2 is 2.35 bits per heavy atom. The molecule has 2 heterocycles. The number of nitrogens with zero attached hydrogens (tertiary/aromatic N) is 2. The number of rotatable bonds is 4. The van der Waals surface area contributed by atoms with Crippen LogP contribution in [0.4, 0.5) is 5.82 Å². The number of halogens is 1. The van der Waals surface area contributed by atoms with E-state index in [1.807, 2.05) is 4.90 Å². The molecule has 20 heavy (non-hydrogen) atoms. The fraction of sp³-hybridized carbons (Fsp3) is 0.462. The first-order valence-electron chi connectivity index (χ1n) is 6.33. The minimum absolute atomic E-state index is 0.282. The molecule has 1 aliphatic heterocycles. The average Bonchev–Trinajstić information content (AvgIpc) is 2.88. The number of carboxylic acids is 1. The van der Waals surface area contributed by atoms with Crippen LogP contribution in [-0.4, -0.2) is 41.7 Å². The van der Waals surface area contributed by atoms with Gasteiger partial charge in [-0.25, -0.2) is 9.78 Å². The zero-order chi connectivity index (χ0) is 14.7. The summed E-state index contributed by atoms with van der Waals surface area (Å²) in [6.45, 7) is 2.96. The smallest absolute Gasteiger partial charge is 0.339 e. The zero-order valence-electron chi connectivity index (χ0n) is 11.0. The molecular weight excluding hydrogens is 284 g/mol. The Bertz CT molecular complexity index is 535. The largest absolute Gasteiger partial charge is 0.481 e. The Morgan fingerprint density at radius 3 is 2.90 bits per heavy atom. The number of aliphatic carboxylic acids is 1. The molecule has 1 aromatic heterocycles. The molecule has 1 atom stereocenters. The normalized spacial score (nSPS) is 18.1. The van der Waals surface area contributed by atoms with Crippen LogP contribution in [0.5, 0.6) is 0 Å². The van der Waals surface area contributed by atoms with Crippen molar-refractivity contribution in [2.75, 3.05) is 24.6 Å². The third-order valence-corrected chi connectivity index (χ3v) is 3.45. The molecular formula is C13H15ClN2O4. The average molecular weight is 299 g/mol. The summed E-state index contributed by atoms with van der Waals surface area (Å²) in [7, 11) is 0. The van der Waals surface area contributed by atoms with Crippen molar-refractivity contribution in [1.82, 2.24) is 4.98 Å². The van der Waals surface area contributed by atoms with Crippen LogP contribution in [0.1, 0.15) is 23.7 Å². The standard InChI is InChI=1S/C13H15ClN2O4/c1-2-20-13(19)9-5-10(14)11(15-6-9)16-4-3-8(7-16)12(17)18/h5-6,8H,2-4,7H2,1H3,(H,17,18). The van der Waals surface area contributed by atoms with E-state index in [4.69, 9.17) is 21.4 Å². The van der Waals surface area contributed by atoms with Gasteiger partial charge in [0.15, 0.2) is 0 Å². The van der Waals surface area contributed by atoms with Gasteiger partial charge in [-0.1, -0.05) is 11.6 Å². The minimum Gasteiger partial charge on any atom is -0.481 e. The van der Waals surface area contributed by atoms with Gasteiger partial charge in [-0.2, -0.15) is 0 Å². The highest BCUT2D eigenvalue weighted by atomic mass is 35.5. The number of esters is 1. The second-order valence-electron chi connectivity index (χ2n) is 4.52. The Labute approximate surface area is 121 Å². The van der Waals surface area contributed by atoms with Gasteiger partial charge in [0.1, 0.15) is 5.82 Å². The summed E-state index contributed by atoms with van der Waals surface area (Å²) in [6, 6.07) is 1.50. The van der Waals surface area contributed by atoms with Crippen molar-refractivity contribution in [2.24, 2.45) is 5.92 Å². The van der Waals surface area contributed by atoms with E-state index in [0.717, 1.165) is 0 Å². The lowest BCUT2D eigenvalue weighted by atomic mass is 10.1. The van der Waals surface area contributed by atoms with Gasteiger partial charge in [-0.05, 0) is 19.4 Å². The number of ether oxygens (including phenoxy) is 1. The molecule has 1 aromatic rings. The summed E-state index contributed by atoms with van der Waals surface area (Å²) in [5.41, 5.74) is 0.287. The molecule has 1 saturated heterocycles. The predicted molar refractivity (Wildman–Crippen MR) is 73.2 cm³/mol. The number of hydrogen-bond donors (Lipinski definition) is 1. The van der Waals surface area contributed by atoms with E-state index in [9.17, 15) is 9.59 Å². The third-order valence-electron chi connectivity index (χ3n) is 3.17. The topological polar surface area (TPSA) is 79.7 Å².